The van der Waals surface area contributed by atoms with Gasteiger partial charge in [-0.25, -0.2) is 5.01 Å². The number of amides is 1. The van der Waals surface area contributed by atoms with Gasteiger partial charge in [-0.05, 0) is 43.2 Å². The number of fused-ring (bicyclic) bond motifs is 1. The van der Waals surface area contributed by atoms with Gasteiger partial charge >= 0.3 is 0 Å². The van der Waals surface area contributed by atoms with Crippen molar-refractivity contribution in [2.75, 3.05) is 19.2 Å². The van der Waals surface area contributed by atoms with E-state index >= 15 is 0 Å². The third-order valence-corrected chi connectivity index (χ3v) is 5.53. The van der Waals surface area contributed by atoms with E-state index in [1.807, 2.05) is 48.5 Å². The fourth-order valence-electron chi connectivity index (χ4n) is 4.16. The van der Waals surface area contributed by atoms with E-state index in [1.165, 1.54) is 0 Å². The first-order chi connectivity index (χ1) is 13.2. The van der Waals surface area contributed by atoms with Crippen molar-refractivity contribution in [1.29, 1.82) is 0 Å². The number of nitrogens with zero attached hydrogens (tertiary/aromatic N) is 2. The summed E-state index contributed by atoms with van der Waals surface area (Å²) in [5.41, 5.74) is 2.76. The summed E-state index contributed by atoms with van der Waals surface area (Å²) < 4.78 is 10.8. The third-order valence-electron chi connectivity index (χ3n) is 5.53. The minimum Gasteiger partial charge on any atom is -0.493 e. The van der Waals surface area contributed by atoms with Crippen LogP contribution in [0, 0.1) is 11.8 Å². The van der Waals surface area contributed by atoms with E-state index in [2.05, 4.69) is 0 Å². The molecule has 0 unspecified atom stereocenters. The molecule has 0 radical (unpaired) electrons. The molecule has 0 N–H and O–H groups in total. The number of hydrogen-bond acceptors (Lipinski definition) is 4. The summed E-state index contributed by atoms with van der Waals surface area (Å²) in [5, 5.41) is 6.40. The highest BCUT2D eigenvalue weighted by Gasteiger charge is 2.41. The molecule has 1 fully saturated rings. The van der Waals surface area contributed by atoms with Crippen LogP contribution < -0.4 is 14.5 Å². The van der Waals surface area contributed by atoms with Gasteiger partial charge in [-0.2, -0.15) is 5.10 Å². The lowest BCUT2D eigenvalue weighted by Gasteiger charge is -2.38. The van der Waals surface area contributed by atoms with Gasteiger partial charge in [0, 0.05) is 17.4 Å². The number of para-hydroxylation sites is 1. The lowest BCUT2D eigenvalue weighted by molar-refractivity contribution is -0.124. The number of carbonyl (C=O) groups is 1. The molecule has 2 aromatic carbocycles. The molecule has 1 aliphatic heterocycles. The number of rotatable bonds is 4. The van der Waals surface area contributed by atoms with Gasteiger partial charge in [0.05, 0.1) is 25.6 Å². The van der Waals surface area contributed by atoms with E-state index in [0.717, 1.165) is 42.6 Å². The van der Waals surface area contributed by atoms with Crippen LogP contribution >= 0.6 is 0 Å². The molecule has 1 heterocycles. The molecule has 1 amide bonds. The van der Waals surface area contributed by atoms with E-state index in [9.17, 15) is 4.79 Å². The highest BCUT2D eigenvalue weighted by atomic mass is 16.5. The van der Waals surface area contributed by atoms with Gasteiger partial charge in [-0.3, -0.25) is 4.79 Å². The fourth-order valence-corrected chi connectivity index (χ4v) is 4.16. The molecule has 5 heteroatoms. The second-order valence-electron chi connectivity index (χ2n) is 7.04. The Kier molecular flexibility index (Phi) is 4.84. The van der Waals surface area contributed by atoms with Crippen LogP contribution in [-0.4, -0.2) is 25.8 Å². The first-order valence-corrected chi connectivity index (χ1v) is 9.43. The van der Waals surface area contributed by atoms with Crippen LogP contribution in [0.15, 0.2) is 53.6 Å². The van der Waals surface area contributed by atoms with Crippen LogP contribution in [0.2, 0.25) is 0 Å². The average molecular weight is 364 g/mol. The molecule has 1 aliphatic carbocycles. The second-order valence-corrected chi connectivity index (χ2v) is 7.04. The van der Waals surface area contributed by atoms with Gasteiger partial charge in [0.2, 0.25) is 0 Å². The number of hydrazone groups is 1. The molecular formula is C22H24N2O3. The molecule has 5 nitrogen and oxygen atoms in total. The molecule has 2 aromatic rings. The first-order valence-electron chi connectivity index (χ1n) is 9.43. The van der Waals surface area contributed by atoms with Crippen LogP contribution in [-0.2, 0) is 4.79 Å². The van der Waals surface area contributed by atoms with Crippen LogP contribution in [0.5, 0.6) is 11.5 Å². The monoisotopic (exact) mass is 364 g/mol. The maximum Gasteiger partial charge on any atom is 0.251 e. The van der Waals surface area contributed by atoms with Crippen molar-refractivity contribution in [3.05, 3.63) is 54.1 Å². The highest BCUT2D eigenvalue weighted by Crippen LogP contribution is 2.40. The Morgan fingerprint density at radius 1 is 0.926 bits per heavy atom. The van der Waals surface area contributed by atoms with Gasteiger partial charge in [0.15, 0.2) is 11.5 Å². The molecule has 1 saturated carbocycles. The zero-order chi connectivity index (χ0) is 18.8. The Balaban J connectivity index is 1.81. The van der Waals surface area contributed by atoms with E-state index in [1.54, 1.807) is 19.2 Å². The summed E-state index contributed by atoms with van der Waals surface area (Å²) in [4.78, 5) is 13.1. The van der Waals surface area contributed by atoms with Gasteiger partial charge in [-0.1, -0.05) is 31.0 Å². The summed E-state index contributed by atoms with van der Waals surface area (Å²) in [5.74, 6) is 1.61. The molecule has 0 bridgehead atoms. The van der Waals surface area contributed by atoms with Gasteiger partial charge in [0.1, 0.15) is 0 Å². The zero-order valence-electron chi connectivity index (χ0n) is 15.7. The van der Waals surface area contributed by atoms with Crippen molar-refractivity contribution < 1.29 is 14.3 Å². The van der Waals surface area contributed by atoms with Crippen molar-refractivity contribution >= 4 is 17.3 Å². The summed E-state index contributed by atoms with van der Waals surface area (Å²) >= 11 is 0. The van der Waals surface area contributed by atoms with Crippen LogP contribution in [0.4, 0.5) is 5.69 Å². The minimum atomic E-state index is -0.0143. The number of anilines is 1. The molecule has 0 aromatic heterocycles. The molecular weight excluding hydrogens is 340 g/mol. The summed E-state index contributed by atoms with van der Waals surface area (Å²) in [6, 6.07) is 15.5. The average Bonchev–Trinajstić information content (AvgIpc) is 2.74. The first kappa shape index (κ1) is 17.6. The Bertz CT molecular complexity index is 863. The van der Waals surface area contributed by atoms with E-state index in [-0.39, 0.29) is 17.7 Å². The van der Waals surface area contributed by atoms with Crippen molar-refractivity contribution in [1.82, 2.24) is 0 Å². The molecule has 0 spiro atoms. The van der Waals surface area contributed by atoms with Crippen molar-refractivity contribution in [3.63, 3.8) is 0 Å². The normalized spacial score (nSPS) is 22.1. The smallest absolute Gasteiger partial charge is 0.251 e. The quantitative estimate of drug-likeness (QED) is 0.814. The van der Waals surface area contributed by atoms with Gasteiger partial charge in [0.25, 0.3) is 5.91 Å². The van der Waals surface area contributed by atoms with Crippen molar-refractivity contribution in [3.8, 4) is 11.5 Å². The van der Waals surface area contributed by atoms with Gasteiger partial charge < -0.3 is 9.47 Å². The number of carbonyl (C=O) groups excluding carboxylic acids is 1. The molecule has 27 heavy (non-hydrogen) atoms. The predicted molar refractivity (Wildman–Crippen MR) is 105 cm³/mol. The standard InChI is InChI=1S/C22H24N2O3/c1-26-19-13-12-15(14-20(19)27-2)21-17-10-6-7-11-18(17)22(25)24(23-21)16-8-4-3-5-9-16/h3-5,8-9,12-14,17-18H,6-7,10-11H2,1-2H3/t17-,18-/m0/s1. The molecule has 0 saturated heterocycles. The Labute approximate surface area is 159 Å². The Hall–Kier alpha value is -2.82. The van der Waals surface area contributed by atoms with Crippen LogP contribution in [0.3, 0.4) is 0 Å². The van der Waals surface area contributed by atoms with Crippen molar-refractivity contribution in [2.45, 2.75) is 25.7 Å². The maximum atomic E-state index is 13.1. The highest BCUT2D eigenvalue weighted by molar-refractivity contribution is 6.11. The number of hydrogen-bond donors (Lipinski definition) is 0. The molecule has 140 valence electrons. The van der Waals surface area contributed by atoms with E-state index < -0.39 is 0 Å². The number of methoxy groups -OCH3 is 2. The minimum absolute atomic E-state index is 0.0143. The summed E-state index contributed by atoms with van der Waals surface area (Å²) in [6.45, 7) is 0. The van der Waals surface area contributed by atoms with Gasteiger partial charge in [-0.15, -0.1) is 0 Å². The van der Waals surface area contributed by atoms with E-state index in [0.29, 0.717) is 11.5 Å². The Morgan fingerprint density at radius 3 is 2.33 bits per heavy atom. The zero-order valence-corrected chi connectivity index (χ0v) is 15.7. The Morgan fingerprint density at radius 2 is 1.63 bits per heavy atom. The topological polar surface area (TPSA) is 51.1 Å². The fraction of sp³-hybridized carbons (Fsp3) is 0.364. The van der Waals surface area contributed by atoms with E-state index in [4.69, 9.17) is 14.6 Å². The third kappa shape index (κ3) is 3.18. The van der Waals surface area contributed by atoms with Crippen LogP contribution in [0.25, 0.3) is 0 Å². The maximum absolute atomic E-state index is 13.1. The number of ether oxygens (including phenoxy) is 2. The molecule has 4 rings (SSSR count). The summed E-state index contributed by atoms with van der Waals surface area (Å²) in [7, 11) is 3.26. The largest absolute Gasteiger partial charge is 0.493 e. The second kappa shape index (κ2) is 7.43. The summed E-state index contributed by atoms with van der Waals surface area (Å²) in [6.07, 6.45) is 4.13. The number of benzene rings is 2. The molecule has 2 atom stereocenters. The molecule has 2 aliphatic rings. The van der Waals surface area contributed by atoms with Crippen molar-refractivity contribution in [2.24, 2.45) is 16.9 Å². The predicted octanol–water partition coefficient (Wildman–Crippen LogP) is 4.26. The lowest BCUT2D eigenvalue weighted by Crippen LogP contribution is -2.46. The lowest BCUT2D eigenvalue weighted by atomic mass is 9.73. The van der Waals surface area contributed by atoms with Crippen LogP contribution in [0.1, 0.15) is 31.2 Å². The SMILES string of the molecule is COc1ccc(C2=NN(c3ccccc3)C(=O)[C@H]3CCCC[C@H]23)cc1OC.